The molecule has 2 N–H and O–H groups in total. The summed E-state index contributed by atoms with van der Waals surface area (Å²) in [6.07, 6.45) is 8.84. The van der Waals surface area contributed by atoms with Gasteiger partial charge >= 0.3 is 0 Å². The molecule has 21 heavy (non-hydrogen) atoms. The largest absolute Gasteiger partial charge is 0.394 e. The van der Waals surface area contributed by atoms with Crippen LogP contribution >= 0.6 is 0 Å². The summed E-state index contributed by atoms with van der Waals surface area (Å²) in [7, 11) is 4.35. The number of hydrogen-bond acceptors (Lipinski definition) is 4. The maximum atomic E-state index is 9.64. The van der Waals surface area contributed by atoms with Crippen LogP contribution in [-0.4, -0.2) is 72.9 Å². The Kier molecular flexibility index (Phi) is 6.48. The standard InChI is InChI=1S/C17H35N3O/c1-17(14-21,18-15-8-9-15)10-4-5-11-20-12-6-7-16(20)13-19(2)3/h15-16,18,21H,4-14H2,1-3H3. The van der Waals surface area contributed by atoms with Crippen molar-refractivity contribution in [3.8, 4) is 0 Å². The molecule has 124 valence electrons. The van der Waals surface area contributed by atoms with Crippen LogP contribution in [0.25, 0.3) is 0 Å². The molecule has 1 aliphatic carbocycles. The van der Waals surface area contributed by atoms with Crippen molar-refractivity contribution in [1.82, 2.24) is 15.1 Å². The SMILES string of the molecule is CN(C)CC1CCCN1CCCCC(C)(CO)NC1CC1. The molecule has 2 aliphatic rings. The zero-order chi connectivity index (χ0) is 15.3. The first-order valence-electron chi connectivity index (χ1n) is 8.80. The summed E-state index contributed by atoms with van der Waals surface area (Å²) in [5.41, 5.74) is -0.0603. The van der Waals surface area contributed by atoms with Crippen molar-refractivity contribution in [2.24, 2.45) is 0 Å². The first-order valence-corrected chi connectivity index (χ1v) is 8.80. The van der Waals surface area contributed by atoms with Crippen molar-refractivity contribution >= 4 is 0 Å². The Morgan fingerprint density at radius 1 is 1.24 bits per heavy atom. The quantitative estimate of drug-likeness (QED) is 0.602. The molecule has 0 aromatic rings. The number of hydrogen-bond donors (Lipinski definition) is 2. The van der Waals surface area contributed by atoms with Crippen LogP contribution in [0.15, 0.2) is 0 Å². The zero-order valence-corrected chi connectivity index (χ0v) is 14.3. The summed E-state index contributed by atoms with van der Waals surface area (Å²) in [5, 5.41) is 13.2. The maximum absolute atomic E-state index is 9.64. The first-order chi connectivity index (χ1) is 10.0. The predicted octanol–water partition coefficient (Wildman–Crippen LogP) is 1.69. The molecule has 0 amide bonds. The summed E-state index contributed by atoms with van der Waals surface area (Å²) in [6, 6.07) is 1.43. The molecule has 0 radical (unpaired) electrons. The first kappa shape index (κ1) is 17.2. The third-order valence-electron chi connectivity index (χ3n) is 4.98. The van der Waals surface area contributed by atoms with Crippen molar-refractivity contribution in [2.75, 3.05) is 40.3 Å². The Morgan fingerprint density at radius 3 is 2.62 bits per heavy atom. The van der Waals surface area contributed by atoms with E-state index >= 15 is 0 Å². The molecule has 1 heterocycles. The summed E-state index contributed by atoms with van der Waals surface area (Å²) in [4.78, 5) is 4.98. The van der Waals surface area contributed by atoms with Crippen LogP contribution in [-0.2, 0) is 0 Å². The van der Waals surface area contributed by atoms with Gasteiger partial charge in [0.2, 0.25) is 0 Å². The van der Waals surface area contributed by atoms with Gasteiger partial charge in [-0.2, -0.15) is 0 Å². The second kappa shape index (κ2) is 7.91. The van der Waals surface area contributed by atoms with E-state index in [-0.39, 0.29) is 12.1 Å². The maximum Gasteiger partial charge on any atom is 0.0610 e. The number of rotatable bonds is 10. The third-order valence-corrected chi connectivity index (χ3v) is 4.98. The normalized spacial score (nSPS) is 26.4. The smallest absolute Gasteiger partial charge is 0.0610 e. The number of nitrogens with zero attached hydrogens (tertiary/aromatic N) is 2. The summed E-state index contributed by atoms with van der Waals surface area (Å²) in [5.74, 6) is 0. The lowest BCUT2D eigenvalue weighted by atomic mass is 9.95. The van der Waals surface area contributed by atoms with Crippen LogP contribution in [0.2, 0.25) is 0 Å². The van der Waals surface area contributed by atoms with Gasteiger partial charge in [-0.05, 0) is 72.6 Å². The average molecular weight is 297 g/mol. The summed E-state index contributed by atoms with van der Waals surface area (Å²) in [6.45, 7) is 6.13. The Labute approximate surface area is 130 Å². The molecule has 4 nitrogen and oxygen atoms in total. The van der Waals surface area contributed by atoms with Gasteiger partial charge in [0.15, 0.2) is 0 Å². The van der Waals surface area contributed by atoms with Crippen LogP contribution in [0.5, 0.6) is 0 Å². The minimum absolute atomic E-state index is 0.0603. The number of nitrogens with one attached hydrogen (secondary N) is 1. The number of unbranched alkanes of at least 4 members (excludes halogenated alkanes) is 1. The lowest BCUT2D eigenvalue weighted by molar-refractivity contribution is 0.156. The lowest BCUT2D eigenvalue weighted by Crippen LogP contribution is -2.47. The van der Waals surface area contributed by atoms with Crippen molar-refractivity contribution in [2.45, 2.75) is 69.5 Å². The zero-order valence-electron chi connectivity index (χ0n) is 14.3. The molecule has 0 aromatic heterocycles. The van der Waals surface area contributed by atoms with E-state index in [9.17, 15) is 5.11 Å². The van der Waals surface area contributed by atoms with Crippen molar-refractivity contribution in [3.05, 3.63) is 0 Å². The highest BCUT2D eigenvalue weighted by Crippen LogP contribution is 2.25. The second-order valence-corrected chi connectivity index (χ2v) is 7.69. The predicted molar refractivity (Wildman–Crippen MR) is 88.6 cm³/mol. The van der Waals surface area contributed by atoms with Crippen LogP contribution in [0.3, 0.4) is 0 Å². The van der Waals surface area contributed by atoms with E-state index < -0.39 is 0 Å². The molecule has 2 atom stereocenters. The van der Waals surface area contributed by atoms with Gasteiger partial charge in [-0.25, -0.2) is 0 Å². The van der Waals surface area contributed by atoms with Gasteiger partial charge in [-0.15, -0.1) is 0 Å². The fourth-order valence-corrected chi connectivity index (χ4v) is 3.57. The molecule has 4 heteroatoms. The number of aliphatic hydroxyl groups is 1. The van der Waals surface area contributed by atoms with Gasteiger partial charge < -0.3 is 15.3 Å². The van der Waals surface area contributed by atoms with Crippen LogP contribution in [0.4, 0.5) is 0 Å². The van der Waals surface area contributed by atoms with Gasteiger partial charge in [0.25, 0.3) is 0 Å². The fourth-order valence-electron chi connectivity index (χ4n) is 3.57. The Hall–Kier alpha value is -0.160. The van der Waals surface area contributed by atoms with Crippen molar-refractivity contribution in [3.63, 3.8) is 0 Å². The fraction of sp³-hybridized carbons (Fsp3) is 1.00. The van der Waals surface area contributed by atoms with Gasteiger partial charge in [0, 0.05) is 24.2 Å². The van der Waals surface area contributed by atoms with E-state index in [0.29, 0.717) is 6.04 Å². The summed E-state index contributed by atoms with van der Waals surface area (Å²) >= 11 is 0. The highest BCUT2D eigenvalue weighted by molar-refractivity contribution is 4.92. The van der Waals surface area contributed by atoms with Gasteiger partial charge in [0.1, 0.15) is 0 Å². The molecule has 1 aliphatic heterocycles. The van der Waals surface area contributed by atoms with Crippen LogP contribution in [0.1, 0.15) is 51.9 Å². The van der Waals surface area contributed by atoms with Crippen molar-refractivity contribution < 1.29 is 5.11 Å². The van der Waals surface area contributed by atoms with E-state index in [1.165, 1.54) is 58.2 Å². The lowest BCUT2D eigenvalue weighted by Gasteiger charge is -2.30. The number of likely N-dealkylation sites (tertiary alicyclic amines) is 1. The van der Waals surface area contributed by atoms with Crippen LogP contribution < -0.4 is 5.32 Å². The molecule has 1 saturated heterocycles. The molecule has 2 unspecified atom stereocenters. The Balaban J connectivity index is 1.63. The van der Waals surface area contributed by atoms with E-state index in [1.54, 1.807) is 0 Å². The van der Waals surface area contributed by atoms with Gasteiger partial charge in [-0.3, -0.25) is 4.90 Å². The van der Waals surface area contributed by atoms with Crippen LogP contribution in [0, 0.1) is 0 Å². The van der Waals surface area contributed by atoms with Crippen molar-refractivity contribution in [1.29, 1.82) is 0 Å². The molecule has 0 aromatic carbocycles. The molecular formula is C17H35N3O. The Bertz CT molecular complexity index is 306. The monoisotopic (exact) mass is 297 g/mol. The van der Waals surface area contributed by atoms with E-state index in [4.69, 9.17) is 0 Å². The molecule has 0 spiro atoms. The van der Waals surface area contributed by atoms with E-state index in [0.717, 1.165) is 12.5 Å². The topological polar surface area (TPSA) is 38.7 Å². The van der Waals surface area contributed by atoms with Gasteiger partial charge in [0.05, 0.1) is 6.61 Å². The van der Waals surface area contributed by atoms with Gasteiger partial charge in [-0.1, -0.05) is 6.42 Å². The molecule has 2 fully saturated rings. The van der Waals surface area contributed by atoms with E-state index in [2.05, 4.69) is 36.1 Å². The molecule has 1 saturated carbocycles. The highest BCUT2D eigenvalue weighted by atomic mass is 16.3. The third kappa shape index (κ3) is 5.85. The van der Waals surface area contributed by atoms with E-state index in [1.807, 2.05) is 0 Å². The molecule has 0 bridgehead atoms. The Morgan fingerprint density at radius 2 is 2.00 bits per heavy atom. The minimum Gasteiger partial charge on any atom is -0.394 e. The molecule has 2 rings (SSSR count). The number of likely N-dealkylation sites (N-methyl/N-ethyl adjacent to an activating group) is 1. The number of aliphatic hydroxyl groups excluding tert-OH is 1. The average Bonchev–Trinajstić information content (AvgIpc) is 3.13. The molecular weight excluding hydrogens is 262 g/mol. The summed E-state index contributed by atoms with van der Waals surface area (Å²) < 4.78 is 0. The second-order valence-electron chi connectivity index (χ2n) is 7.69. The highest BCUT2D eigenvalue weighted by Gasteiger charge is 2.31. The minimum atomic E-state index is -0.0603.